The minimum atomic E-state index is 0.868. The molecule has 2 rings (SSSR count). The summed E-state index contributed by atoms with van der Waals surface area (Å²) in [6.07, 6.45) is 3.68. The molecule has 0 aliphatic carbocycles. The standard InChI is InChI=1S/C15H18N2OS/c1-18-14-5-2-6-15(10-14)19-9-8-17-12-13-4-3-7-16-11-13/h2-7,10-11,17H,8-9,12H2,1H3. The van der Waals surface area contributed by atoms with Gasteiger partial charge in [0, 0.05) is 36.1 Å². The van der Waals surface area contributed by atoms with Gasteiger partial charge in [0.15, 0.2) is 0 Å². The molecule has 3 nitrogen and oxygen atoms in total. The van der Waals surface area contributed by atoms with Gasteiger partial charge in [0.2, 0.25) is 0 Å². The number of rotatable bonds is 7. The van der Waals surface area contributed by atoms with E-state index in [1.54, 1.807) is 13.3 Å². The van der Waals surface area contributed by atoms with Crippen molar-refractivity contribution in [3.05, 3.63) is 54.4 Å². The topological polar surface area (TPSA) is 34.1 Å². The van der Waals surface area contributed by atoms with Crippen LogP contribution in [0.1, 0.15) is 5.56 Å². The van der Waals surface area contributed by atoms with Gasteiger partial charge in [-0.25, -0.2) is 0 Å². The quantitative estimate of drug-likeness (QED) is 0.622. The summed E-state index contributed by atoms with van der Waals surface area (Å²) in [5.41, 5.74) is 1.22. The molecular weight excluding hydrogens is 256 g/mol. The van der Waals surface area contributed by atoms with Gasteiger partial charge in [-0.05, 0) is 29.8 Å². The van der Waals surface area contributed by atoms with Crippen LogP contribution in [0, 0.1) is 0 Å². The number of nitrogens with one attached hydrogen (secondary N) is 1. The monoisotopic (exact) mass is 274 g/mol. The van der Waals surface area contributed by atoms with Crippen molar-refractivity contribution < 1.29 is 4.74 Å². The minimum absolute atomic E-state index is 0.868. The summed E-state index contributed by atoms with van der Waals surface area (Å²) < 4.78 is 5.20. The normalized spacial score (nSPS) is 10.4. The lowest BCUT2D eigenvalue weighted by molar-refractivity contribution is 0.413. The fraction of sp³-hybridized carbons (Fsp3) is 0.267. The molecule has 0 bridgehead atoms. The van der Waals surface area contributed by atoms with Crippen LogP contribution in [0.2, 0.25) is 0 Å². The fourth-order valence-electron chi connectivity index (χ4n) is 1.67. The van der Waals surface area contributed by atoms with E-state index in [0.717, 1.165) is 24.6 Å². The molecule has 4 heteroatoms. The molecule has 0 saturated heterocycles. The summed E-state index contributed by atoms with van der Waals surface area (Å²) in [7, 11) is 1.69. The average Bonchev–Trinajstić information content (AvgIpc) is 2.48. The van der Waals surface area contributed by atoms with Crippen molar-refractivity contribution in [3.63, 3.8) is 0 Å². The van der Waals surface area contributed by atoms with Gasteiger partial charge < -0.3 is 10.1 Å². The van der Waals surface area contributed by atoms with Gasteiger partial charge in [-0.1, -0.05) is 12.1 Å². The second-order valence-corrected chi connectivity index (χ2v) is 5.23. The third-order valence-corrected chi connectivity index (χ3v) is 3.64. The summed E-state index contributed by atoms with van der Waals surface area (Å²) >= 11 is 1.83. The molecule has 0 aliphatic rings. The Morgan fingerprint density at radius 3 is 3.00 bits per heavy atom. The molecule has 1 aromatic carbocycles. The Morgan fingerprint density at radius 1 is 1.26 bits per heavy atom. The van der Waals surface area contributed by atoms with E-state index in [1.807, 2.05) is 36.2 Å². The summed E-state index contributed by atoms with van der Waals surface area (Å²) in [5.74, 6) is 1.95. The number of hydrogen-bond acceptors (Lipinski definition) is 4. The van der Waals surface area contributed by atoms with Crippen molar-refractivity contribution in [1.82, 2.24) is 10.3 Å². The molecule has 0 amide bonds. The maximum Gasteiger partial charge on any atom is 0.119 e. The Balaban J connectivity index is 1.66. The van der Waals surface area contributed by atoms with E-state index in [-0.39, 0.29) is 0 Å². The first-order valence-electron chi connectivity index (χ1n) is 6.25. The number of aromatic nitrogens is 1. The van der Waals surface area contributed by atoms with Crippen LogP contribution in [0.15, 0.2) is 53.7 Å². The molecule has 1 N–H and O–H groups in total. The first-order valence-corrected chi connectivity index (χ1v) is 7.23. The molecule has 0 radical (unpaired) electrons. The van der Waals surface area contributed by atoms with Crippen molar-refractivity contribution in [1.29, 1.82) is 0 Å². The summed E-state index contributed by atoms with van der Waals surface area (Å²) in [4.78, 5) is 5.33. The predicted octanol–water partition coefficient (Wildman–Crippen LogP) is 2.97. The molecule has 1 aromatic heterocycles. The van der Waals surface area contributed by atoms with E-state index in [9.17, 15) is 0 Å². The SMILES string of the molecule is COc1cccc(SCCNCc2cccnc2)c1. The molecular formula is C15H18N2OS. The van der Waals surface area contributed by atoms with E-state index in [4.69, 9.17) is 4.74 Å². The fourth-order valence-corrected chi connectivity index (χ4v) is 2.52. The lowest BCUT2D eigenvalue weighted by Gasteiger charge is -2.06. The molecule has 0 saturated carbocycles. The number of benzene rings is 1. The molecule has 19 heavy (non-hydrogen) atoms. The lowest BCUT2D eigenvalue weighted by atomic mass is 10.3. The summed E-state index contributed by atoms with van der Waals surface area (Å²) in [6, 6.07) is 12.2. The highest BCUT2D eigenvalue weighted by molar-refractivity contribution is 7.99. The Labute approximate surface area is 118 Å². The van der Waals surface area contributed by atoms with Crippen LogP contribution in [-0.2, 0) is 6.54 Å². The van der Waals surface area contributed by atoms with Gasteiger partial charge in [0.05, 0.1) is 7.11 Å². The first kappa shape index (κ1) is 13.9. The highest BCUT2D eigenvalue weighted by atomic mass is 32.2. The summed E-state index contributed by atoms with van der Waals surface area (Å²) in [6.45, 7) is 1.84. The number of hydrogen-bond donors (Lipinski definition) is 1. The molecule has 0 unspecified atom stereocenters. The molecule has 0 spiro atoms. The second kappa shape index (κ2) is 7.81. The Kier molecular flexibility index (Phi) is 5.72. The van der Waals surface area contributed by atoms with E-state index >= 15 is 0 Å². The highest BCUT2D eigenvalue weighted by Gasteiger charge is 1.97. The van der Waals surface area contributed by atoms with Gasteiger partial charge in [-0.15, -0.1) is 11.8 Å². The van der Waals surface area contributed by atoms with Gasteiger partial charge in [-0.3, -0.25) is 4.98 Å². The van der Waals surface area contributed by atoms with E-state index in [1.165, 1.54) is 10.5 Å². The van der Waals surface area contributed by atoms with E-state index in [0.29, 0.717) is 0 Å². The zero-order chi connectivity index (χ0) is 13.3. The number of ether oxygens (including phenoxy) is 1. The van der Waals surface area contributed by atoms with Gasteiger partial charge in [-0.2, -0.15) is 0 Å². The van der Waals surface area contributed by atoms with Crippen LogP contribution in [-0.4, -0.2) is 24.4 Å². The number of pyridine rings is 1. The van der Waals surface area contributed by atoms with E-state index in [2.05, 4.69) is 28.5 Å². The summed E-state index contributed by atoms with van der Waals surface area (Å²) in [5, 5.41) is 3.41. The van der Waals surface area contributed by atoms with Crippen LogP contribution < -0.4 is 10.1 Å². The smallest absolute Gasteiger partial charge is 0.119 e. The number of thioether (sulfide) groups is 1. The lowest BCUT2D eigenvalue weighted by Crippen LogP contribution is -2.16. The first-order chi connectivity index (χ1) is 9.38. The van der Waals surface area contributed by atoms with Crippen molar-refractivity contribution in [2.75, 3.05) is 19.4 Å². The number of nitrogens with zero attached hydrogens (tertiary/aromatic N) is 1. The van der Waals surface area contributed by atoms with Crippen LogP contribution in [0.25, 0.3) is 0 Å². The highest BCUT2D eigenvalue weighted by Crippen LogP contribution is 2.22. The van der Waals surface area contributed by atoms with Crippen molar-refractivity contribution >= 4 is 11.8 Å². The van der Waals surface area contributed by atoms with Crippen LogP contribution in [0.3, 0.4) is 0 Å². The number of methoxy groups -OCH3 is 1. The Bertz CT molecular complexity index is 491. The molecule has 2 aromatic rings. The van der Waals surface area contributed by atoms with Gasteiger partial charge in [0.1, 0.15) is 5.75 Å². The van der Waals surface area contributed by atoms with Crippen molar-refractivity contribution in [2.24, 2.45) is 0 Å². The maximum atomic E-state index is 5.20. The molecule has 0 aliphatic heterocycles. The van der Waals surface area contributed by atoms with Crippen LogP contribution in [0.5, 0.6) is 5.75 Å². The zero-order valence-electron chi connectivity index (χ0n) is 11.0. The van der Waals surface area contributed by atoms with Crippen molar-refractivity contribution in [3.8, 4) is 5.75 Å². The zero-order valence-corrected chi connectivity index (χ0v) is 11.8. The minimum Gasteiger partial charge on any atom is -0.497 e. The predicted molar refractivity (Wildman–Crippen MR) is 79.7 cm³/mol. The maximum absolute atomic E-state index is 5.20. The van der Waals surface area contributed by atoms with Crippen molar-refractivity contribution in [2.45, 2.75) is 11.4 Å². The van der Waals surface area contributed by atoms with E-state index < -0.39 is 0 Å². The van der Waals surface area contributed by atoms with Gasteiger partial charge in [0.25, 0.3) is 0 Å². The molecule has 0 fully saturated rings. The third kappa shape index (κ3) is 4.93. The molecule has 100 valence electrons. The van der Waals surface area contributed by atoms with Crippen LogP contribution in [0.4, 0.5) is 0 Å². The van der Waals surface area contributed by atoms with Gasteiger partial charge >= 0.3 is 0 Å². The third-order valence-electron chi connectivity index (χ3n) is 2.64. The van der Waals surface area contributed by atoms with Crippen LogP contribution >= 0.6 is 11.8 Å². The Morgan fingerprint density at radius 2 is 2.21 bits per heavy atom. The largest absolute Gasteiger partial charge is 0.497 e. The Hall–Kier alpha value is -1.52. The molecule has 1 heterocycles. The average molecular weight is 274 g/mol. The second-order valence-electron chi connectivity index (χ2n) is 4.07. The molecule has 0 atom stereocenters.